The molecule has 2 amide bonds. The Hall–Kier alpha value is -3.54. The number of nitrogens with zero attached hydrogens (tertiary/aromatic N) is 3. The molecule has 2 saturated heterocycles. The van der Waals surface area contributed by atoms with Crippen molar-refractivity contribution in [3.63, 3.8) is 0 Å². The van der Waals surface area contributed by atoms with Crippen molar-refractivity contribution < 1.29 is 14.7 Å². The minimum atomic E-state index is -0.307. The zero-order chi connectivity index (χ0) is 21.4. The van der Waals surface area contributed by atoms with Crippen molar-refractivity contribution in [1.29, 1.82) is 0 Å². The summed E-state index contributed by atoms with van der Waals surface area (Å²) >= 11 is 0. The summed E-state index contributed by atoms with van der Waals surface area (Å²) in [6.07, 6.45) is 0.259. The number of carbonyl (C=O) groups is 2. The summed E-state index contributed by atoms with van der Waals surface area (Å²) in [5.41, 5.74) is 1.84. The number of piperazine rings is 1. The molecule has 3 aromatic carbocycles. The molecule has 2 aliphatic heterocycles. The summed E-state index contributed by atoms with van der Waals surface area (Å²) in [7, 11) is 0. The van der Waals surface area contributed by atoms with Gasteiger partial charge >= 0.3 is 0 Å². The lowest BCUT2D eigenvalue weighted by atomic mass is 10.1. The third kappa shape index (κ3) is 3.69. The summed E-state index contributed by atoms with van der Waals surface area (Å²) < 4.78 is 0. The molecular formula is C25H25N3O3. The molecule has 2 fully saturated rings. The molecule has 31 heavy (non-hydrogen) atoms. The molecule has 0 saturated carbocycles. The van der Waals surface area contributed by atoms with E-state index in [9.17, 15) is 14.7 Å². The lowest BCUT2D eigenvalue weighted by molar-refractivity contribution is -0.136. The first-order valence-electron chi connectivity index (χ1n) is 10.7. The Morgan fingerprint density at radius 1 is 0.903 bits per heavy atom. The molecule has 0 aliphatic carbocycles. The first-order chi connectivity index (χ1) is 15.1. The van der Waals surface area contributed by atoms with Crippen LogP contribution >= 0.6 is 0 Å². The smallest absolute Gasteiger partial charge is 0.228 e. The topological polar surface area (TPSA) is 64.1 Å². The maximum Gasteiger partial charge on any atom is 0.228 e. The summed E-state index contributed by atoms with van der Waals surface area (Å²) in [6.45, 7) is 3.09. The molecule has 0 spiro atoms. The fourth-order valence-corrected chi connectivity index (χ4v) is 4.68. The van der Waals surface area contributed by atoms with Gasteiger partial charge in [-0.3, -0.25) is 9.59 Å². The number of phenols is 1. The van der Waals surface area contributed by atoms with E-state index in [4.69, 9.17) is 0 Å². The monoisotopic (exact) mass is 415 g/mol. The SMILES string of the molecule is O=C(C1CC(=O)N(c2cccc3ccccc23)C1)N1CCN(c2cccc(O)c2)CC1. The van der Waals surface area contributed by atoms with Crippen LogP contribution in [0.3, 0.4) is 0 Å². The van der Waals surface area contributed by atoms with E-state index in [1.807, 2.05) is 59.5 Å². The van der Waals surface area contributed by atoms with E-state index in [1.165, 1.54) is 0 Å². The average molecular weight is 415 g/mol. The van der Waals surface area contributed by atoms with Crippen LogP contribution < -0.4 is 9.80 Å². The number of anilines is 2. The second-order valence-electron chi connectivity index (χ2n) is 8.24. The zero-order valence-corrected chi connectivity index (χ0v) is 17.3. The summed E-state index contributed by atoms with van der Waals surface area (Å²) in [4.78, 5) is 31.8. The lowest BCUT2D eigenvalue weighted by Gasteiger charge is -2.37. The number of carbonyl (C=O) groups excluding carboxylic acids is 2. The van der Waals surface area contributed by atoms with E-state index in [-0.39, 0.29) is 29.9 Å². The van der Waals surface area contributed by atoms with Crippen LogP contribution in [0, 0.1) is 5.92 Å². The third-order valence-corrected chi connectivity index (χ3v) is 6.32. The van der Waals surface area contributed by atoms with E-state index < -0.39 is 0 Å². The van der Waals surface area contributed by atoms with Gasteiger partial charge in [0.2, 0.25) is 11.8 Å². The fourth-order valence-electron chi connectivity index (χ4n) is 4.68. The average Bonchev–Trinajstić information content (AvgIpc) is 3.19. The molecule has 1 unspecified atom stereocenters. The largest absolute Gasteiger partial charge is 0.508 e. The Balaban J connectivity index is 1.27. The van der Waals surface area contributed by atoms with Crippen LogP contribution in [0.5, 0.6) is 5.75 Å². The van der Waals surface area contributed by atoms with E-state index in [1.54, 1.807) is 17.0 Å². The molecule has 2 heterocycles. The number of benzene rings is 3. The van der Waals surface area contributed by atoms with Crippen LogP contribution in [0.15, 0.2) is 66.7 Å². The van der Waals surface area contributed by atoms with Gasteiger partial charge in [0, 0.05) is 56.3 Å². The van der Waals surface area contributed by atoms with Crippen molar-refractivity contribution in [2.75, 3.05) is 42.5 Å². The molecule has 6 heteroatoms. The van der Waals surface area contributed by atoms with Crippen molar-refractivity contribution >= 4 is 34.0 Å². The van der Waals surface area contributed by atoms with Gasteiger partial charge in [-0.15, -0.1) is 0 Å². The summed E-state index contributed by atoms with van der Waals surface area (Å²) in [5, 5.41) is 11.8. The number of rotatable bonds is 3. The molecule has 5 rings (SSSR count). The number of hydrogen-bond acceptors (Lipinski definition) is 4. The second-order valence-corrected chi connectivity index (χ2v) is 8.24. The summed E-state index contributed by atoms with van der Waals surface area (Å²) in [6, 6.07) is 21.2. The number of hydrogen-bond donors (Lipinski definition) is 1. The number of phenolic OH excluding ortho intramolecular Hbond substituents is 1. The van der Waals surface area contributed by atoms with E-state index >= 15 is 0 Å². The van der Waals surface area contributed by atoms with Gasteiger partial charge in [0.05, 0.1) is 11.6 Å². The van der Waals surface area contributed by atoms with Crippen LogP contribution in [-0.4, -0.2) is 54.5 Å². The maximum atomic E-state index is 13.2. The first-order valence-corrected chi connectivity index (χ1v) is 10.7. The molecule has 0 bridgehead atoms. The van der Waals surface area contributed by atoms with Gasteiger partial charge in [0.25, 0.3) is 0 Å². The van der Waals surface area contributed by atoms with E-state index in [2.05, 4.69) is 4.90 Å². The van der Waals surface area contributed by atoms with Gasteiger partial charge in [-0.2, -0.15) is 0 Å². The molecular weight excluding hydrogens is 390 g/mol. The molecule has 1 atom stereocenters. The Morgan fingerprint density at radius 2 is 1.65 bits per heavy atom. The Kier molecular flexibility index (Phi) is 4.98. The van der Waals surface area contributed by atoms with Crippen molar-refractivity contribution in [2.45, 2.75) is 6.42 Å². The highest BCUT2D eigenvalue weighted by Gasteiger charge is 2.38. The van der Waals surface area contributed by atoms with Gasteiger partial charge in [0.15, 0.2) is 0 Å². The van der Waals surface area contributed by atoms with Gasteiger partial charge in [0.1, 0.15) is 5.75 Å². The van der Waals surface area contributed by atoms with Crippen LogP contribution in [-0.2, 0) is 9.59 Å². The first kappa shape index (κ1) is 19.4. The van der Waals surface area contributed by atoms with Crippen molar-refractivity contribution in [3.8, 4) is 5.75 Å². The Labute approximate surface area is 181 Å². The highest BCUT2D eigenvalue weighted by Crippen LogP contribution is 2.32. The fraction of sp³-hybridized carbons (Fsp3) is 0.280. The van der Waals surface area contributed by atoms with Gasteiger partial charge in [-0.05, 0) is 23.6 Å². The number of aromatic hydroxyl groups is 1. The van der Waals surface area contributed by atoms with Crippen molar-refractivity contribution in [2.24, 2.45) is 5.92 Å². The molecule has 1 N–H and O–H groups in total. The normalized spacial score (nSPS) is 19.3. The Morgan fingerprint density at radius 3 is 2.45 bits per heavy atom. The van der Waals surface area contributed by atoms with E-state index in [0.29, 0.717) is 32.7 Å². The van der Waals surface area contributed by atoms with Crippen molar-refractivity contribution in [1.82, 2.24) is 4.90 Å². The third-order valence-electron chi connectivity index (χ3n) is 6.32. The molecule has 0 aromatic heterocycles. The molecule has 0 radical (unpaired) electrons. The molecule has 3 aromatic rings. The standard InChI is InChI=1S/C25H25N3O3/c29-21-8-4-7-20(16-21)26-11-13-27(14-12-26)25(31)19-15-24(30)28(17-19)23-10-3-6-18-5-1-2-9-22(18)23/h1-10,16,19,29H,11-15,17H2. The van der Waals surface area contributed by atoms with Crippen LogP contribution in [0.4, 0.5) is 11.4 Å². The van der Waals surface area contributed by atoms with Gasteiger partial charge in [-0.25, -0.2) is 0 Å². The zero-order valence-electron chi connectivity index (χ0n) is 17.3. The minimum Gasteiger partial charge on any atom is -0.508 e. The highest BCUT2D eigenvalue weighted by atomic mass is 16.3. The van der Waals surface area contributed by atoms with Crippen LogP contribution in [0.2, 0.25) is 0 Å². The second kappa shape index (κ2) is 7.95. The van der Waals surface area contributed by atoms with E-state index in [0.717, 1.165) is 22.1 Å². The summed E-state index contributed by atoms with van der Waals surface area (Å²) in [5.74, 6) is 0.00698. The van der Waals surface area contributed by atoms with Crippen molar-refractivity contribution in [3.05, 3.63) is 66.7 Å². The predicted molar refractivity (Wildman–Crippen MR) is 121 cm³/mol. The van der Waals surface area contributed by atoms with Gasteiger partial charge in [-0.1, -0.05) is 42.5 Å². The number of fused-ring (bicyclic) bond motifs is 1. The molecule has 6 nitrogen and oxygen atoms in total. The predicted octanol–water partition coefficient (Wildman–Crippen LogP) is 3.25. The van der Waals surface area contributed by atoms with Crippen LogP contribution in [0.1, 0.15) is 6.42 Å². The molecule has 158 valence electrons. The maximum absolute atomic E-state index is 13.2. The highest BCUT2D eigenvalue weighted by molar-refractivity contribution is 6.07. The minimum absolute atomic E-state index is 0.00750. The molecule has 2 aliphatic rings. The Bertz CT molecular complexity index is 1130. The number of amides is 2. The van der Waals surface area contributed by atoms with Gasteiger partial charge < -0.3 is 19.8 Å². The quantitative estimate of drug-likeness (QED) is 0.713. The van der Waals surface area contributed by atoms with Crippen LogP contribution in [0.25, 0.3) is 10.8 Å². The lowest BCUT2D eigenvalue weighted by Crippen LogP contribution is -2.50.